The van der Waals surface area contributed by atoms with Gasteiger partial charge in [-0.25, -0.2) is 4.79 Å². The van der Waals surface area contributed by atoms with Crippen LogP contribution in [0.5, 0.6) is 11.5 Å². The van der Waals surface area contributed by atoms with Crippen molar-refractivity contribution >= 4 is 23.6 Å². The minimum atomic E-state index is -1.30. The van der Waals surface area contributed by atoms with Crippen molar-refractivity contribution in [1.29, 1.82) is 0 Å². The van der Waals surface area contributed by atoms with Gasteiger partial charge in [-0.05, 0) is 43.6 Å². The van der Waals surface area contributed by atoms with Gasteiger partial charge in [0, 0.05) is 41.2 Å². The first-order valence-electron chi connectivity index (χ1n) is 13.1. The van der Waals surface area contributed by atoms with Crippen LogP contribution in [0.25, 0.3) is 0 Å². The van der Waals surface area contributed by atoms with Crippen LogP contribution in [0.2, 0.25) is 0 Å². The van der Waals surface area contributed by atoms with Crippen LogP contribution in [0, 0.1) is 22.7 Å². The largest absolute Gasteiger partial charge is 0.508 e. The fourth-order valence-corrected chi connectivity index (χ4v) is 8.03. The van der Waals surface area contributed by atoms with E-state index in [1.807, 2.05) is 13.8 Å². The van der Waals surface area contributed by atoms with Crippen molar-refractivity contribution in [3.05, 3.63) is 22.8 Å². The average molecular weight is 514 g/mol. The number of nitrogens with zero attached hydrogens (tertiary/aromatic N) is 1. The maximum Gasteiger partial charge on any atom is 0.326 e. The fraction of sp³-hybridized carbons (Fsp3) is 0.643. The van der Waals surface area contributed by atoms with Gasteiger partial charge in [0.15, 0.2) is 0 Å². The number of Topliss-reactive ketones (excluding diaryl/α,β-unsaturated/α-hetero) is 1. The summed E-state index contributed by atoms with van der Waals surface area (Å²) < 4.78 is 6.92. The van der Waals surface area contributed by atoms with Crippen LogP contribution in [0.15, 0.2) is 6.07 Å². The predicted molar refractivity (Wildman–Crippen MR) is 131 cm³/mol. The molecule has 9 nitrogen and oxygen atoms in total. The van der Waals surface area contributed by atoms with Crippen molar-refractivity contribution in [3.63, 3.8) is 0 Å². The Balaban J connectivity index is 1.55. The first kappa shape index (κ1) is 25.5. The number of ether oxygens (including phenoxy) is 1. The van der Waals surface area contributed by atoms with E-state index in [1.165, 1.54) is 11.0 Å². The maximum atomic E-state index is 13.3. The van der Waals surface area contributed by atoms with Crippen LogP contribution in [0.4, 0.5) is 0 Å². The molecule has 1 spiro atoms. The van der Waals surface area contributed by atoms with Gasteiger partial charge in [-0.15, -0.1) is 0 Å². The van der Waals surface area contributed by atoms with Gasteiger partial charge in [-0.2, -0.15) is 0 Å². The lowest BCUT2D eigenvalue weighted by molar-refractivity contribution is -0.188. The smallest absolute Gasteiger partial charge is 0.326 e. The van der Waals surface area contributed by atoms with E-state index >= 15 is 0 Å². The second-order valence-corrected chi connectivity index (χ2v) is 12.2. The number of carbonyl (C=O) groups is 4. The summed E-state index contributed by atoms with van der Waals surface area (Å²) in [5.41, 5.74) is -0.148. The molecule has 2 saturated carbocycles. The molecule has 2 aliphatic heterocycles. The Kier molecular flexibility index (Phi) is 5.66. The highest BCUT2D eigenvalue weighted by molar-refractivity contribution is 6.02. The van der Waals surface area contributed by atoms with Crippen LogP contribution in [-0.4, -0.2) is 55.5 Å². The second-order valence-electron chi connectivity index (χ2n) is 12.2. The molecule has 0 unspecified atom stereocenters. The van der Waals surface area contributed by atoms with Gasteiger partial charge in [-0.1, -0.05) is 27.7 Å². The summed E-state index contributed by atoms with van der Waals surface area (Å²) in [4.78, 5) is 50.4. The quantitative estimate of drug-likeness (QED) is 0.540. The van der Waals surface area contributed by atoms with Gasteiger partial charge in [0.25, 0.3) is 5.91 Å². The highest BCUT2D eigenvalue weighted by Gasteiger charge is 2.67. The average Bonchev–Trinajstić information content (AvgIpc) is 3.36. The van der Waals surface area contributed by atoms with E-state index in [1.54, 1.807) is 0 Å². The third kappa shape index (κ3) is 3.42. The molecule has 5 rings (SSSR count). The monoisotopic (exact) mass is 513 g/mol. The first-order valence-corrected chi connectivity index (χ1v) is 13.1. The standard InChI is InChI=1S/C28H35NO8/c1-14-5-7-20-26(2,3)21(31)9-10-27(20,4)28(14)12-16-19(30)11-15-17(23(16)37-28)13-29(24(15)34)18(25(35)36)6-8-22(32)33/h11,14,18,20,30H,5-10,12-13H2,1-4H3,(H,32,33)(H,35,36)/t14-,18-,20-,27+,28-/m1/s1. The minimum Gasteiger partial charge on any atom is -0.508 e. The summed E-state index contributed by atoms with van der Waals surface area (Å²) in [5, 5.41) is 29.9. The van der Waals surface area contributed by atoms with Crippen LogP contribution >= 0.6 is 0 Å². The number of carboxylic acid groups (broad SMARTS) is 2. The highest BCUT2D eigenvalue weighted by Crippen LogP contribution is 2.66. The zero-order valence-corrected chi connectivity index (χ0v) is 21.8. The molecule has 5 atom stereocenters. The number of benzene rings is 1. The molecule has 1 amide bonds. The van der Waals surface area contributed by atoms with E-state index in [4.69, 9.17) is 9.84 Å². The van der Waals surface area contributed by atoms with Crippen LogP contribution < -0.4 is 4.74 Å². The molecular weight excluding hydrogens is 478 g/mol. The topological polar surface area (TPSA) is 141 Å². The number of fused-ring (bicyclic) bond motifs is 5. The SMILES string of the molecule is C[C@@H]1CC[C@@H]2C(C)(C)C(=O)CC[C@]2(C)[C@@]12Cc1c(O)cc3c(c1O2)CN([C@H](CCC(=O)O)C(=O)O)C3=O. The first-order chi connectivity index (χ1) is 17.2. The molecule has 3 N–H and O–H groups in total. The van der Waals surface area contributed by atoms with E-state index < -0.39 is 34.9 Å². The Morgan fingerprint density at radius 1 is 1.16 bits per heavy atom. The number of carboxylic acids is 2. The molecule has 2 fully saturated rings. The zero-order chi connectivity index (χ0) is 27.1. The van der Waals surface area contributed by atoms with Crippen LogP contribution in [-0.2, 0) is 27.3 Å². The number of amides is 1. The van der Waals surface area contributed by atoms with Gasteiger partial charge in [0.1, 0.15) is 28.9 Å². The second kappa shape index (κ2) is 8.20. The summed E-state index contributed by atoms with van der Waals surface area (Å²) in [6.07, 6.45) is 2.79. The van der Waals surface area contributed by atoms with E-state index in [0.717, 1.165) is 12.8 Å². The van der Waals surface area contributed by atoms with Crippen LogP contribution in [0.3, 0.4) is 0 Å². The normalized spacial score (nSPS) is 32.5. The Morgan fingerprint density at radius 2 is 1.86 bits per heavy atom. The van der Waals surface area contributed by atoms with Crippen molar-refractivity contribution in [2.45, 2.75) is 90.8 Å². The van der Waals surface area contributed by atoms with Gasteiger partial charge < -0.3 is 25.0 Å². The van der Waals surface area contributed by atoms with Crippen molar-refractivity contribution < 1.29 is 39.2 Å². The molecule has 0 radical (unpaired) electrons. The van der Waals surface area contributed by atoms with Gasteiger partial charge in [0.05, 0.1) is 12.1 Å². The van der Waals surface area contributed by atoms with E-state index in [0.29, 0.717) is 36.1 Å². The lowest BCUT2D eigenvalue weighted by atomic mass is 9.44. The van der Waals surface area contributed by atoms with Gasteiger partial charge in [-0.3, -0.25) is 14.4 Å². The fourth-order valence-electron chi connectivity index (χ4n) is 8.03. The van der Waals surface area contributed by atoms with Gasteiger partial charge >= 0.3 is 11.9 Å². The number of carbonyl (C=O) groups excluding carboxylic acids is 2. The molecule has 2 aliphatic carbocycles. The Labute approximate surface area is 215 Å². The van der Waals surface area contributed by atoms with E-state index in [-0.39, 0.29) is 53.7 Å². The van der Waals surface area contributed by atoms with Crippen molar-refractivity contribution in [2.75, 3.05) is 0 Å². The summed E-state index contributed by atoms with van der Waals surface area (Å²) in [7, 11) is 0. The summed E-state index contributed by atoms with van der Waals surface area (Å²) in [6.45, 7) is 8.38. The maximum absolute atomic E-state index is 13.3. The Hall–Kier alpha value is -3.10. The number of aliphatic carboxylic acids is 2. The lowest BCUT2D eigenvalue weighted by Crippen LogP contribution is -2.66. The van der Waals surface area contributed by atoms with E-state index in [2.05, 4.69) is 13.8 Å². The molecule has 1 aromatic rings. The van der Waals surface area contributed by atoms with E-state index in [9.17, 15) is 29.4 Å². The number of phenolic OH excluding ortho intramolecular Hbond substituents is 1. The Morgan fingerprint density at radius 3 is 2.51 bits per heavy atom. The predicted octanol–water partition coefficient (Wildman–Crippen LogP) is 3.78. The number of aromatic hydroxyl groups is 1. The molecule has 0 saturated heterocycles. The molecule has 1 aromatic carbocycles. The van der Waals surface area contributed by atoms with Crippen molar-refractivity contribution in [3.8, 4) is 11.5 Å². The third-order valence-electron chi connectivity index (χ3n) is 10.2. The molecule has 0 bridgehead atoms. The highest BCUT2D eigenvalue weighted by atomic mass is 16.5. The van der Waals surface area contributed by atoms with Crippen LogP contribution in [0.1, 0.15) is 87.7 Å². The van der Waals surface area contributed by atoms with Gasteiger partial charge in [0.2, 0.25) is 0 Å². The molecule has 200 valence electrons. The molecule has 4 aliphatic rings. The number of ketones is 1. The number of hydrogen-bond donors (Lipinski definition) is 3. The molecular formula is C28H35NO8. The summed E-state index contributed by atoms with van der Waals surface area (Å²) in [5.74, 6) is -2.07. The number of phenols is 1. The summed E-state index contributed by atoms with van der Waals surface area (Å²) >= 11 is 0. The molecule has 2 heterocycles. The van der Waals surface area contributed by atoms with Crippen molar-refractivity contribution in [2.24, 2.45) is 22.7 Å². The lowest BCUT2D eigenvalue weighted by Gasteiger charge is -2.62. The van der Waals surface area contributed by atoms with Crippen molar-refractivity contribution in [1.82, 2.24) is 4.90 Å². The minimum absolute atomic E-state index is 0.0258. The third-order valence-corrected chi connectivity index (χ3v) is 10.2. The Bertz CT molecular complexity index is 1220. The molecule has 0 aromatic heterocycles. The zero-order valence-electron chi connectivity index (χ0n) is 21.8. The molecule has 9 heteroatoms. The number of hydrogen-bond acceptors (Lipinski definition) is 6. The number of rotatable bonds is 5. The molecule has 37 heavy (non-hydrogen) atoms. The summed E-state index contributed by atoms with van der Waals surface area (Å²) in [6, 6.07) is 0.0983.